The number of carbonyl (C=O) groups is 1. The summed E-state index contributed by atoms with van der Waals surface area (Å²) in [5.74, 6) is 2.35. The van der Waals surface area contributed by atoms with Crippen molar-refractivity contribution in [3.63, 3.8) is 0 Å². The molecule has 0 aromatic heterocycles. The third kappa shape index (κ3) is 4.79. The maximum absolute atomic E-state index is 11.8. The molecule has 2 aromatic carbocycles. The van der Waals surface area contributed by atoms with Crippen LogP contribution in [0.15, 0.2) is 54.6 Å². The number of amides is 1. The standard InChI is InChI=1S/C18H18N2O/c1-2-12-19-14-18(21)20-17-11-7-6-10-16(17)13-15-8-4-3-5-9-15/h1,3-11,19H,12-14H2,(H,20,21). The molecule has 3 heteroatoms. The summed E-state index contributed by atoms with van der Waals surface area (Å²) >= 11 is 0. The topological polar surface area (TPSA) is 41.1 Å². The van der Waals surface area contributed by atoms with Crippen molar-refractivity contribution in [1.29, 1.82) is 0 Å². The minimum absolute atomic E-state index is 0.0919. The Bertz CT molecular complexity index is 629. The Morgan fingerprint density at radius 3 is 2.52 bits per heavy atom. The van der Waals surface area contributed by atoms with Gasteiger partial charge < -0.3 is 5.32 Å². The Morgan fingerprint density at radius 2 is 1.76 bits per heavy atom. The quantitative estimate of drug-likeness (QED) is 0.629. The first-order chi connectivity index (χ1) is 10.3. The van der Waals surface area contributed by atoms with Gasteiger partial charge in [0.1, 0.15) is 0 Å². The van der Waals surface area contributed by atoms with Crippen molar-refractivity contribution >= 4 is 11.6 Å². The van der Waals surface area contributed by atoms with Gasteiger partial charge in [-0.1, -0.05) is 54.5 Å². The molecule has 0 saturated carbocycles. The molecule has 0 unspecified atom stereocenters. The number of hydrogen-bond acceptors (Lipinski definition) is 2. The zero-order valence-electron chi connectivity index (χ0n) is 11.8. The lowest BCUT2D eigenvalue weighted by atomic mass is 10.0. The van der Waals surface area contributed by atoms with Crippen molar-refractivity contribution < 1.29 is 4.79 Å². The van der Waals surface area contributed by atoms with Gasteiger partial charge in [0.2, 0.25) is 5.91 Å². The van der Waals surface area contributed by atoms with E-state index in [1.54, 1.807) is 0 Å². The Kier molecular flexibility index (Phi) is 5.57. The van der Waals surface area contributed by atoms with Crippen molar-refractivity contribution in [3.8, 4) is 12.3 Å². The second-order valence-corrected chi connectivity index (χ2v) is 4.68. The van der Waals surface area contributed by atoms with Crippen LogP contribution in [-0.2, 0) is 11.2 Å². The third-order valence-electron chi connectivity index (χ3n) is 3.04. The molecule has 0 heterocycles. The van der Waals surface area contributed by atoms with E-state index < -0.39 is 0 Å². The van der Waals surface area contributed by atoms with Gasteiger partial charge in [0.05, 0.1) is 13.1 Å². The average molecular weight is 278 g/mol. The lowest BCUT2D eigenvalue weighted by Crippen LogP contribution is -2.28. The summed E-state index contributed by atoms with van der Waals surface area (Å²) in [6.07, 6.45) is 5.92. The minimum atomic E-state index is -0.0919. The molecule has 0 aliphatic rings. The van der Waals surface area contributed by atoms with E-state index in [1.165, 1.54) is 5.56 Å². The predicted octanol–water partition coefficient (Wildman–Crippen LogP) is 2.44. The zero-order valence-corrected chi connectivity index (χ0v) is 11.8. The molecule has 0 fully saturated rings. The number of nitrogens with one attached hydrogen (secondary N) is 2. The first-order valence-corrected chi connectivity index (χ1v) is 6.85. The molecule has 3 nitrogen and oxygen atoms in total. The maximum Gasteiger partial charge on any atom is 0.238 e. The second kappa shape index (κ2) is 7.88. The van der Waals surface area contributed by atoms with E-state index >= 15 is 0 Å². The summed E-state index contributed by atoms with van der Waals surface area (Å²) in [5.41, 5.74) is 3.15. The summed E-state index contributed by atoms with van der Waals surface area (Å²) in [7, 11) is 0. The Labute approximate surface area is 125 Å². The van der Waals surface area contributed by atoms with Crippen molar-refractivity contribution in [1.82, 2.24) is 5.32 Å². The van der Waals surface area contributed by atoms with Gasteiger partial charge in [0.15, 0.2) is 0 Å². The number of carbonyl (C=O) groups excluding carboxylic acids is 1. The zero-order chi connectivity index (χ0) is 14.9. The number of anilines is 1. The highest BCUT2D eigenvalue weighted by molar-refractivity contribution is 5.93. The SMILES string of the molecule is C#CCNCC(=O)Nc1ccccc1Cc1ccccc1. The van der Waals surface area contributed by atoms with E-state index in [0.717, 1.165) is 17.7 Å². The largest absolute Gasteiger partial charge is 0.325 e. The van der Waals surface area contributed by atoms with Crippen LogP contribution in [-0.4, -0.2) is 19.0 Å². The lowest BCUT2D eigenvalue weighted by molar-refractivity contribution is -0.115. The van der Waals surface area contributed by atoms with Gasteiger partial charge in [-0.05, 0) is 23.6 Å². The van der Waals surface area contributed by atoms with Crippen LogP contribution in [0.5, 0.6) is 0 Å². The fourth-order valence-electron chi connectivity index (χ4n) is 2.05. The summed E-state index contributed by atoms with van der Waals surface area (Å²) in [5, 5.41) is 5.80. The summed E-state index contributed by atoms with van der Waals surface area (Å²) in [6, 6.07) is 18.0. The molecule has 1 amide bonds. The maximum atomic E-state index is 11.8. The summed E-state index contributed by atoms with van der Waals surface area (Å²) in [4.78, 5) is 11.8. The molecule has 21 heavy (non-hydrogen) atoms. The lowest BCUT2D eigenvalue weighted by Gasteiger charge is -2.11. The number of hydrogen-bond donors (Lipinski definition) is 2. The summed E-state index contributed by atoms with van der Waals surface area (Å²) < 4.78 is 0. The van der Waals surface area contributed by atoms with Crippen molar-refractivity contribution in [2.75, 3.05) is 18.4 Å². The Hall–Kier alpha value is -2.57. The smallest absolute Gasteiger partial charge is 0.238 e. The van der Waals surface area contributed by atoms with E-state index in [-0.39, 0.29) is 12.5 Å². The first-order valence-electron chi connectivity index (χ1n) is 6.85. The van der Waals surface area contributed by atoms with Gasteiger partial charge in [-0.15, -0.1) is 6.42 Å². The van der Waals surface area contributed by atoms with E-state index in [9.17, 15) is 4.79 Å². The molecule has 0 bridgehead atoms. The molecular weight excluding hydrogens is 260 g/mol. The van der Waals surface area contributed by atoms with Gasteiger partial charge in [0, 0.05) is 5.69 Å². The molecule has 0 aliphatic carbocycles. The Balaban J connectivity index is 2.03. The van der Waals surface area contributed by atoms with Gasteiger partial charge in [-0.25, -0.2) is 0 Å². The van der Waals surface area contributed by atoms with Crippen LogP contribution < -0.4 is 10.6 Å². The van der Waals surface area contributed by atoms with Crippen LogP contribution in [0.1, 0.15) is 11.1 Å². The van der Waals surface area contributed by atoms with Crippen molar-refractivity contribution in [2.24, 2.45) is 0 Å². The molecule has 2 rings (SSSR count). The van der Waals surface area contributed by atoms with E-state index in [2.05, 4.69) is 28.7 Å². The third-order valence-corrected chi connectivity index (χ3v) is 3.04. The first kappa shape index (κ1) is 14.8. The van der Waals surface area contributed by atoms with Crippen LogP contribution in [0.3, 0.4) is 0 Å². The highest BCUT2D eigenvalue weighted by Gasteiger charge is 2.06. The molecule has 0 aliphatic heterocycles. The van der Waals surface area contributed by atoms with Crippen molar-refractivity contribution in [2.45, 2.75) is 6.42 Å². The van der Waals surface area contributed by atoms with Gasteiger partial charge in [-0.2, -0.15) is 0 Å². The normalized spacial score (nSPS) is 9.86. The summed E-state index contributed by atoms with van der Waals surface area (Å²) in [6.45, 7) is 0.600. The fraction of sp³-hybridized carbons (Fsp3) is 0.167. The molecule has 106 valence electrons. The number of rotatable bonds is 6. The predicted molar refractivity (Wildman–Crippen MR) is 86.0 cm³/mol. The Morgan fingerprint density at radius 1 is 1.05 bits per heavy atom. The van der Waals surface area contributed by atoms with Crippen LogP contribution in [0, 0.1) is 12.3 Å². The van der Waals surface area contributed by atoms with Crippen LogP contribution in [0.2, 0.25) is 0 Å². The molecule has 2 aromatic rings. The van der Waals surface area contributed by atoms with Gasteiger partial charge in [0.25, 0.3) is 0 Å². The highest BCUT2D eigenvalue weighted by Crippen LogP contribution is 2.18. The molecular formula is C18H18N2O. The van der Waals surface area contributed by atoms with Gasteiger partial charge in [-0.3, -0.25) is 10.1 Å². The molecule has 0 radical (unpaired) electrons. The van der Waals surface area contributed by atoms with Crippen LogP contribution in [0.25, 0.3) is 0 Å². The van der Waals surface area contributed by atoms with Gasteiger partial charge >= 0.3 is 0 Å². The van der Waals surface area contributed by atoms with Crippen LogP contribution >= 0.6 is 0 Å². The number of para-hydroxylation sites is 1. The average Bonchev–Trinajstić information content (AvgIpc) is 2.51. The molecule has 0 atom stereocenters. The van der Waals surface area contributed by atoms with Crippen molar-refractivity contribution in [3.05, 3.63) is 65.7 Å². The highest BCUT2D eigenvalue weighted by atomic mass is 16.1. The fourth-order valence-corrected chi connectivity index (χ4v) is 2.05. The molecule has 0 spiro atoms. The molecule has 0 saturated heterocycles. The second-order valence-electron chi connectivity index (χ2n) is 4.68. The van der Waals surface area contributed by atoms with E-state index in [1.807, 2.05) is 42.5 Å². The monoisotopic (exact) mass is 278 g/mol. The number of terminal acetylenes is 1. The number of benzene rings is 2. The molecule has 2 N–H and O–H groups in total. The minimum Gasteiger partial charge on any atom is -0.325 e. The van der Waals surface area contributed by atoms with E-state index in [0.29, 0.717) is 6.54 Å². The van der Waals surface area contributed by atoms with E-state index in [4.69, 9.17) is 6.42 Å². The van der Waals surface area contributed by atoms with Crippen LogP contribution in [0.4, 0.5) is 5.69 Å².